The third-order valence-corrected chi connectivity index (χ3v) is 10.7. The molecule has 1 heterocycles. The Morgan fingerprint density at radius 2 is 1.95 bits per heavy atom. The van der Waals surface area contributed by atoms with Crippen LogP contribution in [0.4, 0.5) is 0 Å². The minimum absolute atomic E-state index is 0.0316. The van der Waals surface area contributed by atoms with E-state index in [0.29, 0.717) is 5.92 Å². The SMILES string of the molecule is CN[C@H](CC(N)=O)C(=O)O[C@@H]1C=C2CCC3C(CC[C@]4(C)[C@@H](c5ccc(=O)oc5)CC[C@]34O)[C@@]2(C)CC1. The Morgan fingerprint density at radius 3 is 2.62 bits per heavy atom. The van der Waals surface area contributed by atoms with Gasteiger partial charge in [-0.3, -0.25) is 9.59 Å². The van der Waals surface area contributed by atoms with Gasteiger partial charge >= 0.3 is 11.6 Å². The molecule has 8 nitrogen and oxygen atoms in total. The first-order valence-corrected chi connectivity index (χ1v) is 13.7. The summed E-state index contributed by atoms with van der Waals surface area (Å²) < 4.78 is 11.0. The Morgan fingerprint density at radius 1 is 1.16 bits per heavy atom. The van der Waals surface area contributed by atoms with Crippen molar-refractivity contribution in [3.05, 3.63) is 46.0 Å². The summed E-state index contributed by atoms with van der Waals surface area (Å²) in [5, 5.41) is 15.2. The maximum atomic E-state index is 12.6. The molecule has 202 valence electrons. The zero-order valence-corrected chi connectivity index (χ0v) is 22.1. The van der Waals surface area contributed by atoms with Gasteiger partial charge in [0, 0.05) is 11.5 Å². The molecule has 8 heteroatoms. The van der Waals surface area contributed by atoms with Crippen molar-refractivity contribution in [1.82, 2.24) is 5.32 Å². The molecule has 3 fully saturated rings. The molecule has 0 spiro atoms. The van der Waals surface area contributed by atoms with Crippen LogP contribution in [-0.4, -0.2) is 41.8 Å². The fourth-order valence-electron chi connectivity index (χ4n) is 8.60. The highest BCUT2D eigenvalue weighted by Gasteiger charge is 2.66. The summed E-state index contributed by atoms with van der Waals surface area (Å²) in [7, 11) is 1.62. The van der Waals surface area contributed by atoms with Crippen molar-refractivity contribution >= 4 is 11.9 Å². The molecule has 5 rings (SSSR count). The maximum Gasteiger partial charge on any atom is 0.335 e. The standard InChI is InChI=1S/C29H40N2O6/c1-27-11-8-19(37-26(34)23(31-3)15-24(30)32)14-18(27)5-6-22-21(27)9-12-28(2)20(10-13-29(22,28)35)17-4-7-25(33)36-16-17/h4,7,14,16,19-23,31,35H,5-6,8-13,15H2,1-3H3,(H2,30,32)/t19-,20+,21?,22?,23+,27-,28+,29-/m0/s1. The summed E-state index contributed by atoms with van der Waals surface area (Å²) in [6.07, 6.45) is 10.4. The van der Waals surface area contributed by atoms with E-state index in [-0.39, 0.29) is 40.8 Å². The highest BCUT2D eigenvalue weighted by Crippen LogP contribution is 2.70. The molecule has 4 aliphatic rings. The number of aliphatic hydroxyl groups is 1. The molecule has 1 aromatic rings. The zero-order valence-electron chi connectivity index (χ0n) is 22.1. The van der Waals surface area contributed by atoms with Crippen molar-refractivity contribution in [2.45, 2.75) is 95.3 Å². The number of amides is 1. The largest absolute Gasteiger partial charge is 0.457 e. The molecular formula is C29H40N2O6. The van der Waals surface area contributed by atoms with Gasteiger partial charge in [0.2, 0.25) is 5.91 Å². The normalized spacial score (nSPS) is 39.5. The Hall–Kier alpha value is -2.45. The molecule has 4 aliphatic carbocycles. The van der Waals surface area contributed by atoms with Crippen LogP contribution in [0, 0.1) is 22.7 Å². The van der Waals surface area contributed by atoms with Crippen LogP contribution in [0.25, 0.3) is 0 Å². The quantitative estimate of drug-likeness (QED) is 0.394. The molecule has 8 atom stereocenters. The second kappa shape index (κ2) is 9.38. The third kappa shape index (κ3) is 4.16. The third-order valence-electron chi connectivity index (χ3n) is 10.7. The minimum Gasteiger partial charge on any atom is -0.457 e. The van der Waals surface area contributed by atoms with E-state index in [0.717, 1.165) is 56.9 Å². The lowest BCUT2D eigenvalue weighted by Crippen LogP contribution is -2.60. The fraction of sp³-hybridized carbons (Fsp3) is 0.690. The fourth-order valence-corrected chi connectivity index (χ4v) is 8.60. The van der Waals surface area contributed by atoms with E-state index in [9.17, 15) is 19.5 Å². The summed E-state index contributed by atoms with van der Waals surface area (Å²) in [6, 6.07) is 2.61. The Bertz CT molecular complexity index is 1140. The van der Waals surface area contributed by atoms with Crippen molar-refractivity contribution in [2.75, 3.05) is 7.05 Å². The van der Waals surface area contributed by atoms with Crippen LogP contribution in [0.1, 0.15) is 83.1 Å². The molecule has 0 aromatic carbocycles. The number of carbonyl (C=O) groups is 2. The van der Waals surface area contributed by atoms with Crippen LogP contribution in [0.3, 0.4) is 0 Å². The monoisotopic (exact) mass is 512 g/mol. The van der Waals surface area contributed by atoms with Gasteiger partial charge in [-0.05, 0) is 99.3 Å². The van der Waals surface area contributed by atoms with Gasteiger partial charge in [-0.2, -0.15) is 0 Å². The van der Waals surface area contributed by atoms with Gasteiger partial charge < -0.3 is 25.3 Å². The molecule has 1 amide bonds. The van der Waals surface area contributed by atoms with Gasteiger partial charge in [-0.15, -0.1) is 0 Å². The van der Waals surface area contributed by atoms with Crippen LogP contribution in [-0.2, 0) is 14.3 Å². The van der Waals surface area contributed by atoms with Crippen LogP contribution in [0.5, 0.6) is 0 Å². The number of fused-ring (bicyclic) bond motifs is 5. The Labute approximate surface area is 218 Å². The number of ether oxygens (including phenoxy) is 1. The number of esters is 1. The number of hydrogen-bond donors (Lipinski definition) is 3. The number of likely N-dealkylation sites (N-methyl/N-ethyl adjacent to an activating group) is 1. The first-order chi connectivity index (χ1) is 17.5. The van der Waals surface area contributed by atoms with Crippen LogP contribution in [0.2, 0.25) is 0 Å². The van der Waals surface area contributed by atoms with Crippen molar-refractivity contribution in [3.8, 4) is 0 Å². The van der Waals surface area contributed by atoms with E-state index < -0.39 is 23.5 Å². The molecule has 4 N–H and O–H groups in total. The number of carbonyl (C=O) groups excluding carboxylic acids is 2. The lowest BCUT2D eigenvalue weighted by Gasteiger charge is -2.61. The average molecular weight is 513 g/mol. The number of nitrogens with one attached hydrogen (secondary N) is 1. The average Bonchev–Trinajstić information content (AvgIpc) is 3.14. The predicted molar refractivity (Wildman–Crippen MR) is 137 cm³/mol. The number of allylic oxidation sites excluding steroid dienone is 1. The lowest BCUT2D eigenvalue weighted by molar-refractivity contribution is -0.179. The first-order valence-electron chi connectivity index (χ1n) is 13.7. The molecule has 0 saturated heterocycles. The number of nitrogens with two attached hydrogens (primary N) is 1. The first kappa shape index (κ1) is 26.2. The highest BCUT2D eigenvalue weighted by atomic mass is 16.5. The molecule has 0 aliphatic heterocycles. The Kier molecular flexibility index (Phi) is 6.64. The topological polar surface area (TPSA) is 132 Å². The molecule has 37 heavy (non-hydrogen) atoms. The summed E-state index contributed by atoms with van der Waals surface area (Å²) in [6.45, 7) is 4.57. The van der Waals surface area contributed by atoms with Crippen molar-refractivity contribution in [2.24, 2.45) is 28.4 Å². The van der Waals surface area contributed by atoms with Crippen LogP contribution < -0.4 is 16.7 Å². The smallest absolute Gasteiger partial charge is 0.335 e. The number of hydrogen-bond acceptors (Lipinski definition) is 7. The molecule has 1 aromatic heterocycles. The van der Waals surface area contributed by atoms with Crippen LogP contribution >= 0.6 is 0 Å². The molecule has 3 saturated carbocycles. The number of primary amides is 1. The van der Waals surface area contributed by atoms with Crippen molar-refractivity contribution in [3.63, 3.8) is 0 Å². The zero-order chi connectivity index (χ0) is 26.6. The van der Waals surface area contributed by atoms with E-state index in [2.05, 4.69) is 25.2 Å². The van der Waals surface area contributed by atoms with Gasteiger partial charge in [0.05, 0.1) is 18.3 Å². The van der Waals surface area contributed by atoms with Crippen molar-refractivity contribution < 1.29 is 23.8 Å². The summed E-state index contributed by atoms with van der Waals surface area (Å²) >= 11 is 0. The predicted octanol–water partition coefficient (Wildman–Crippen LogP) is 3.18. The van der Waals surface area contributed by atoms with E-state index in [1.165, 1.54) is 11.6 Å². The van der Waals surface area contributed by atoms with Gasteiger partial charge in [0.15, 0.2) is 0 Å². The highest BCUT2D eigenvalue weighted by molar-refractivity contribution is 5.84. The number of rotatable bonds is 6. The molecule has 0 bridgehead atoms. The van der Waals surface area contributed by atoms with Crippen LogP contribution in [0.15, 0.2) is 39.3 Å². The summed E-state index contributed by atoms with van der Waals surface area (Å²) in [5.74, 6) is -0.246. The molecule has 0 radical (unpaired) electrons. The molecule has 2 unspecified atom stereocenters. The van der Waals surface area contributed by atoms with Gasteiger partial charge in [0.25, 0.3) is 0 Å². The second-order valence-corrected chi connectivity index (χ2v) is 12.2. The second-order valence-electron chi connectivity index (χ2n) is 12.2. The lowest BCUT2D eigenvalue weighted by atomic mass is 9.45. The Balaban J connectivity index is 1.35. The maximum absolute atomic E-state index is 12.6. The van der Waals surface area contributed by atoms with Gasteiger partial charge in [0.1, 0.15) is 12.1 Å². The minimum atomic E-state index is -0.761. The molecular weight excluding hydrogens is 472 g/mol. The van der Waals surface area contributed by atoms with E-state index in [4.69, 9.17) is 14.9 Å². The van der Waals surface area contributed by atoms with Crippen molar-refractivity contribution in [1.29, 1.82) is 0 Å². The van der Waals surface area contributed by atoms with E-state index in [1.807, 2.05) is 6.07 Å². The summed E-state index contributed by atoms with van der Waals surface area (Å²) in [5.41, 5.74) is 6.22. The van der Waals surface area contributed by atoms with Gasteiger partial charge in [-0.1, -0.05) is 19.4 Å². The van der Waals surface area contributed by atoms with E-state index >= 15 is 0 Å². The van der Waals surface area contributed by atoms with E-state index in [1.54, 1.807) is 13.3 Å². The van der Waals surface area contributed by atoms with Gasteiger partial charge in [-0.25, -0.2) is 4.79 Å². The summed E-state index contributed by atoms with van der Waals surface area (Å²) in [4.78, 5) is 35.5.